The Hall–Kier alpha value is -0.170. The first-order valence-electron chi connectivity index (χ1n) is 5.59. The molecule has 2 atom stereocenters. The van der Waals surface area contributed by atoms with Crippen LogP contribution in [0.25, 0.3) is 0 Å². The van der Waals surface area contributed by atoms with Crippen LogP contribution in [-0.4, -0.2) is 19.4 Å². The Kier molecular flexibility index (Phi) is 3.77. The van der Waals surface area contributed by atoms with E-state index in [9.17, 15) is 8.42 Å². The molecule has 1 fully saturated rings. The van der Waals surface area contributed by atoms with E-state index in [2.05, 4.69) is 16.6 Å². The number of rotatable bonds is 5. The van der Waals surface area contributed by atoms with Gasteiger partial charge in [-0.1, -0.05) is 36.3 Å². The second kappa shape index (κ2) is 4.84. The summed E-state index contributed by atoms with van der Waals surface area (Å²) in [6.07, 6.45) is 3.11. The summed E-state index contributed by atoms with van der Waals surface area (Å²) in [5.41, 5.74) is 0.472. The smallest absolute Gasteiger partial charge is 0.229 e. The van der Waals surface area contributed by atoms with E-state index in [1.165, 1.54) is 0 Å². The molecular formula is C10H15ClN2O2S2. The van der Waals surface area contributed by atoms with Crippen LogP contribution in [0, 0.1) is 12.8 Å². The van der Waals surface area contributed by atoms with Crippen molar-refractivity contribution in [2.24, 2.45) is 5.92 Å². The minimum atomic E-state index is -3.44. The zero-order valence-corrected chi connectivity index (χ0v) is 12.1. The van der Waals surface area contributed by atoms with Gasteiger partial charge < -0.3 is 0 Å². The molecule has 17 heavy (non-hydrogen) atoms. The molecule has 1 heterocycles. The molecule has 0 spiro atoms. The average molecular weight is 295 g/mol. The van der Waals surface area contributed by atoms with Crippen LogP contribution in [0.2, 0.25) is 4.47 Å². The highest BCUT2D eigenvalue weighted by atomic mass is 35.5. The average Bonchev–Trinajstić information content (AvgIpc) is 2.81. The lowest BCUT2D eigenvalue weighted by Gasteiger charge is -2.04. The van der Waals surface area contributed by atoms with E-state index in [1.807, 2.05) is 0 Å². The highest BCUT2D eigenvalue weighted by Gasteiger charge is 2.40. The van der Waals surface area contributed by atoms with E-state index >= 15 is 0 Å². The maximum atomic E-state index is 12.1. The predicted molar refractivity (Wildman–Crippen MR) is 69.0 cm³/mol. The van der Waals surface area contributed by atoms with Gasteiger partial charge in [-0.25, -0.2) is 18.1 Å². The molecule has 2 unspecified atom stereocenters. The van der Waals surface area contributed by atoms with Crippen molar-refractivity contribution >= 4 is 33.0 Å². The topological polar surface area (TPSA) is 59.1 Å². The molecule has 1 aromatic heterocycles. The maximum absolute atomic E-state index is 12.1. The summed E-state index contributed by atoms with van der Waals surface area (Å²) in [6.45, 7) is 3.77. The minimum absolute atomic E-state index is 0.0974. The number of nitrogens with zero attached hydrogens (tertiary/aromatic N) is 1. The summed E-state index contributed by atoms with van der Waals surface area (Å²) in [5, 5.41) is 0. The van der Waals surface area contributed by atoms with Gasteiger partial charge in [0.25, 0.3) is 10.0 Å². The fraction of sp³-hybridized carbons (Fsp3) is 0.700. The van der Waals surface area contributed by atoms with Crippen molar-refractivity contribution in [2.45, 2.75) is 43.4 Å². The molecule has 7 heteroatoms. The third kappa shape index (κ3) is 2.99. The largest absolute Gasteiger partial charge is 0.252 e. The molecule has 2 rings (SSSR count). The number of aromatic nitrogens is 1. The number of aryl methyl sites for hydroxylation is 1. The zero-order chi connectivity index (χ0) is 12.6. The van der Waals surface area contributed by atoms with E-state index in [-0.39, 0.29) is 14.7 Å². The van der Waals surface area contributed by atoms with Crippen LogP contribution in [-0.2, 0) is 10.0 Å². The Labute approximate surface area is 110 Å². The number of halogens is 1. The molecule has 0 amide bonds. The lowest BCUT2D eigenvalue weighted by molar-refractivity contribution is 0.574. The summed E-state index contributed by atoms with van der Waals surface area (Å²) >= 11 is 6.73. The Balaban J connectivity index is 2.08. The van der Waals surface area contributed by atoms with Crippen LogP contribution in [0.15, 0.2) is 4.21 Å². The molecule has 1 aliphatic rings. The van der Waals surface area contributed by atoms with Crippen molar-refractivity contribution in [3.05, 3.63) is 10.2 Å². The van der Waals surface area contributed by atoms with Crippen molar-refractivity contribution < 1.29 is 8.42 Å². The van der Waals surface area contributed by atoms with Gasteiger partial charge in [-0.2, -0.15) is 0 Å². The summed E-state index contributed by atoms with van der Waals surface area (Å²) in [6, 6.07) is 0.0974. The fourth-order valence-corrected chi connectivity index (χ4v) is 5.01. The molecule has 1 saturated carbocycles. The van der Waals surface area contributed by atoms with Gasteiger partial charge in [-0.3, -0.25) is 0 Å². The van der Waals surface area contributed by atoms with Gasteiger partial charge in [0, 0.05) is 6.04 Å². The third-order valence-electron chi connectivity index (χ3n) is 2.86. The predicted octanol–water partition coefficient (Wildman–Crippen LogP) is 2.57. The first-order valence-corrected chi connectivity index (χ1v) is 8.27. The van der Waals surface area contributed by atoms with Crippen LogP contribution < -0.4 is 4.72 Å². The maximum Gasteiger partial charge on any atom is 0.252 e. The Morgan fingerprint density at radius 2 is 2.29 bits per heavy atom. The molecule has 0 aromatic carbocycles. The van der Waals surface area contributed by atoms with E-state index < -0.39 is 10.0 Å². The fourth-order valence-electron chi connectivity index (χ4n) is 1.93. The number of hydrogen-bond donors (Lipinski definition) is 1. The molecular weight excluding hydrogens is 280 g/mol. The molecule has 96 valence electrons. The SMILES string of the molecule is CCCC1CC1NS(=O)(=O)c1sc(Cl)nc1C. The summed E-state index contributed by atoms with van der Waals surface area (Å²) in [4.78, 5) is 3.93. The number of nitrogens with one attached hydrogen (secondary N) is 1. The molecule has 0 saturated heterocycles. The van der Waals surface area contributed by atoms with Gasteiger partial charge in [-0.05, 0) is 25.7 Å². The van der Waals surface area contributed by atoms with Crippen LogP contribution in [0.3, 0.4) is 0 Å². The highest BCUT2D eigenvalue weighted by Crippen LogP contribution is 2.36. The molecule has 0 aliphatic heterocycles. The monoisotopic (exact) mass is 294 g/mol. The van der Waals surface area contributed by atoms with Crippen LogP contribution in [0.5, 0.6) is 0 Å². The summed E-state index contributed by atoms with van der Waals surface area (Å²) in [7, 11) is -3.44. The van der Waals surface area contributed by atoms with Crippen molar-refractivity contribution in [1.82, 2.24) is 9.71 Å². The molecule has 4 nitrogen and oxygen atoms in total. The Morgan fingerprint density at radius 1 is 1.59 bits per heavy atom. The van der Waals surface area contributed by atoms with Gasteiger partial charge in [0.05, 0.1) is 5.69 Å². The van der Waals surface area contributed by atoms with Crippen molar-refractivity contribution in [2.75, 3.05) is 0 Å². The quantitative estimate of drug-likeness (QED) is 0.908. The van der Waals surface area contributed by atoms with Gasteiger partial charge in [-0.15, -0.1) is 0 Å². The van der Waals surface area contributed by atoms with E-state index in [1.54, 1.807) is 6.92 Å². The van der Waals surface area contributed by atoms with E-state index in [0.717, 1.165) is 30.6 Å². The second-order valence-electron chi connectivity index (χ2n) is 4.35. The van der Waals surface area contributed by atoms with Crippen molar-refractivity contribution in [3.8, 4) is 0 Å². The highest BCUT2D eigenvalue weighted by molar-refractivity contribution is 7.91. The van der Waals surface area contributed by atoms with Gasteiger partial charge in [0.15, 0.2) is 8.68 Å². The summed E-state index contributed by atoms with van der Waals surface area (Å²) in [5.74, 6) is 0.499. The van der Waals surface area contributed by atoms with Gasteiger partial charge >= 0.3 is 0 Å². The van der Waals surface area contributed by atoms with Crippen molar-refractivity contribution in [3.63, 3.8) is 0 Å². The molecule has 1 aliphatic carbocycles. The first kappa shape index (κ1) is 13.3. The van der Waals surface area contributed by atoms with Crippen LogP contribution in [0.1, 0.15) is 31.9 Å². The van der Waals surface area contributed by atoms with Gasteiger partial charge in [0.1, 0.15) is 0 Å². The number of hydrogen-bond acceptors (Lipinski definition) is 4. The van der Waals surface area contributed by atoms with Crippen molar-refractivity contribution in [1.29, 1.82) is 0 Å². The molecule has 0 bridgehead atoms. The van der Waals surface area contributed by atoms with Crippen LogP contribution >= 0.6 is 22.9 Å². The number of sulfonamides is 1. The second-order valence-corrected chi connectivity index (χ2v) is 7.84. The molecule has 1 N–H and O–H groups in total. The normalized spacial score (nSPS) is 23.9. The zero-order valence-electron chi connectivity index (χ0n) is 9.73. The Bertz CT molecular complexity index is 512. The van der Waals surface area contributed by atoms with E-state index in [0.29, 0.717) is 11.6 Å². The lowest BCUT2D eigenvalue weighted by Crippen LogP contribution is -2.27. The number of thiazole rings is 1. The van der Waals surface area contributed by atoms with E-state index in [4.69, 9.17) is 11.6 Å². The minimum Gasteiger partial charge on any atom is -0.229 e. The lowest BCUT2D eigenvalue weighted by atomic mass is 10.2. The van der Waals surface area contributed by atoms with Gasteiger partial charge in [0.2, 0.25) is 0 Å². The first-order chi connectivity index (χ1) is 7.94. The third-order valence-corrected chi connectivity index (χ3v) is 6.22. The Morgan fingerprint density at radius 3 is 2.82 bits per heavy atom. The molecule has 0 radical (unpaired) electrons. The molecule has 1 aromatic rings. The standard InChI is InChI=1S/C10H15ClN2O2S2/c1-3-4-7-5-8(7)13-17(14,15)9-6(2)12-10(11)16-9/h7-8,13H,3-5H2,1-2H3. The van der Waals surface area contributed by atoms with Crippen LogP contribution in [0.4, 0.5) is 0 Å². The summed E-state index contributed by atoms with van der Waals surface area (Å²) < 4.78 is 27.4.